The van der Waals surface area contributed by atoms with Gasteiger partial charge < -0.3 is 9.15 Å². The highest BCUT2D eigenvalue weighted by Crippen LogP contribution is 2.30. The Kier molecular flexibility index (Phi) is 5.69. The number of rotatable bonds is 5. The van der Waals surface area contributed by atoms with Crippen LogP contribution in [-0.2, 0) is 20.2 Å². The maximum absolute atomic E-state index is 12.8. The third-order valence-electron chi connectivity index (χ3n) is 4.69. The summed E-state index contributed by atoms with van der Waals surface area (Å²) in [6.07, 6.45) is -0.278. The number of furan rings is 1. The van der Waals surface area contributed by atoms with Gasteiger partial charge in [0.1, 0.15) is 16.9 Å². The molecule has 1 N–H and O–H groups in total. The van der Waals surface area contributed by atoms with E-state index in [2.05, 4.69) is 25.5 Å². The topological polar surface area (TPSA) is 85.6 Å². The van der Waals surface area contributed by atoms with Crippen molar-refractivity contribution in [3.63, 3.8) is 0 Å². The Morgan fingerprint density at radius 1 is 1.07 bits per heavy atom. The average molecular weight is 430 g/mol. The average Bonchev–Trinajstić information content (AvgIpc) is 2.95. The molecule has 0 radical (unpaired) electrons. The molecule has 160 valence electrons. The van der Waals surface area contributed by atoms with E-state index in [9.17, 15) is 13.2 Å². The van der Waals surface area contributed by atoms with Crippen LogP contribution in [0.1, 0.15) is 56.3 Å². The zero-order chi connectivity index (χ0) is 22.3. The quantitative estimate of drug-likeness (QED) is 0.549. The van der Waals surface area contributed by atoms with E-state index >= 15 is 0 Å². The number of ether oxygens (including phenoxy) is 1. The zero-order valence-electron chi connectivity index (χ0n) is 18.1. The van der Waals surface area contributed by atoms with Gasteiger partial charge in [-0.3, -0.25) is 4.72 Å². The lowest BCUT2D eigenvalue weighted by atomic mass is 9.87. The van der Waals surface area contributed by atoms with Gasteiger partial charge in [-0.25, -0.2) is 13.2 Å². The van der Waals surface area contributed by atoms with Crippen molar-refractivity contribution in [3.05, 3.63) is 59.4 Å². The number of carbonyl (C=O) groups excluding carboxylic acids is 1. The molecule has 0 aliphatic carbocycles. The monoisotopic (exact) mass is 429 g/mol. The fourth-order valence-electron chi connectivity index (χ4n) is 3.16. The van der Waals surface area contributed by atoms with Crippen LogP contribution in [0.15, 0.2) is 51.8 Å². The van der Waals surface area contributed by atoms with E-state index in [1.165, 1.54) is 0 Å². The number of fused-ring (bicyclic) bond motifs is 1. The second kappa shape index (κ2) is 7.80. The lowest BCUT2D eigenvalue weighted by molar-refractivity contribution is 0.0378. The summed E-state index contributed by atoms with van der Waals surface area (Å²) in [5.74, 6) is -0.0764. The molecular formula is C23H27NO5S. The molecule has 6 nitrogen and oxygen atoms in total. The van der Waals surface area contributed by atoms with Gasteiger partial charge in [0.05, 0.1) is 11.0 Å². The van der Waals surface area contributed by atoms with Gasteiger partial charge in [-0.2, -0.15) is 0 Å². The van der Waals surface area contributed by atoms with Crippen LogP contribution in [0.3, 0.4) is 0 Å². The van der Waals surface area contributed by atoms with E-state index < -0.39 is 16.0 Å². The first kappa shape index (κ1) is 21.9. The first-order valence-electron chi connectivity index (χ1n) is 9.76. The highest BCUT2D eigenvalue weighted by molar-refractivity contribution is 7.92. The van der Waals surface area contributed by atoms with Crippen LogP contribution >= 0.6 is 0 Å². The molecule has 2 aromatic carbocycles. The Morgan fingerprint density at radius 3 is 2.27 bits per heavy atom. The van der Waals surface area contributed by atoms with E-state index in [0.717, 1.165) is 5.56 Å². The molecule has 3 rings (SSSR count). The predicted molar refractivity (Wildman–Crippen MR) is 117 cm³/mol. The van der Waals surface area contributed by atoms with Gasteiger partial charge in [0.15, 0.2) is 0 Å². The van der Waals surface area contributed by atoms with Crippen LogP contribution in [0.4, 0.5) is 5.69 Å². The Hall–Kier alpha value is -2.80. The SMILES string of the molecule is Cc1oc2ccc(NS(=O)(=O)c3ccc(C(C)(C)C)cc3)cc2c1C(=O)OC(C)C. The summed E-state index contributed by atoms with van der Waals surface area (Å²) >= 11 is 0. The highest BCUT2D eigenvalue weighted by Gasteiger charge is 2.22. The number of benzene rings is 2. The summed E-state index contributed by atoms with van der Waals surface area (Å²) in [6.45, 7) is 11.4. The fraction of sp³-hybridized carbons (Fsp3) is 0.348. The van der Waals surface area contributed by atoms with Gasteiger partial charge in [0.2, 0.25) is 0 Å². The minimum absolute atomic E-state index is 0.0686. The second-order valence-electron chi connectivity index (χ2n) is 8.58. The Morgan fingerprint density at radius 2 is 1.70 bits per heavy atom. The van der Waals surface area contributed by atoms with E-state index in [1.54, 1.807) is 51.1 Å². The molecule has 0 amide bonds. The van der Waals surface area contributed by atoms with Crippen LogP contribution in [0.25, 0.3) is 11.0 Å². The largest absolute Gasteiger partial charge is 0.460 e. The number of esters is 1. The number of hydrogen-bond donors (Lipinski definition) is 1. The number of hydrogen-bond acceptors (Lipinski definition) is 5. The summed E-state index contributed by atoms with van der Waals surface area (Å²) in [4.78, 5) is 12.6. The van der Waals surface area contributed by atoms with Crippen molar-refractivity contribution in [1.29, 1.82) is 0 Å². The maximum Gasteiger partial charge on any atom is 0.342 e. The van der Waals surface area contributed by atoms with Crippen molar-refractivity contribution in [1.82, 2.24) is 0 Å². The number of sulfonamides is 1. The van der Waals surface area contributed by atoms with Gasteiger partial charge in [0.25, 0.3) is 10.0 Å². The third-order valence-corrected chi connectivity index (χ3v) is 6.09. The van der Waals surface area contributed by atoms with E-state index in [-0.39, 0.29) is 16.4 Å². The number of aryl methyl sites for hydroxylation is 1. The van der Waals surface area contributed by atoms with Gasteiger partial charge in [-0.15, -0.1) is 0 Å². The van der Waals surface area contributed by atoms with Crippen LogP contribution in [-0.4, -0.2) is 20.5 Å². The predicted octanol–water partition coefficient (Wildman–Crippen LogP) is 5.40. The molecule has 1 heterocycles. The standard InChI is InChI=1S/C23H27NO5S/c1-14(2)28-22(25)21-15(3)29-20-12-9-17(13-19(20)21)24-30(26,27)18-10-7-16(8-11-18)23(4,5)6/h7-14,24H,1-6H3. The lowest BCUT2D eigenvalue weighted by Crippen LogP contribution is -2.15. The molecule has 0 saturated carbocycles. The lowest BCUT2D eigenvalue weighted by Gasteiger charge is -2.19. The van der Waals surface area contributed by atoms with E-state index in [4.69, 9.17) is 9.15 Å². The van der Waals surface area contributed by atoms with E-state index in [0.29, 0.717) is 28.0 Å². The van der Waals surface area contributed by atoms with Gasteiger partial charge >= 0.3 is 5.97 Å². The molecule has 0 unspecified atom stereocenters. The zero-order valence-corrected chi connectivity index (χ0v) is 18.9. The second-order valence-corrected chi connectivity index (χ2v) is 10.3. The third kappa shape index (κ3) is 4.51. The Bertz CT molecular complexity index is 1180. The molecule has 30 heavy (non-hydrogen) atoms. The molecule has 7 heteroatoms. The van der Waals surface area contributed by atoms with Crippen LogP contribution < -0.4 is 4.72 Å². The summed E-state index contributed by atoms with van der Waals surface area (Å²) in [5.41, 5.74) is 2.10. The molecule has 0 spiro atoms. The molecule has 0 aliphatic rings. The van der Waals surface area contributed by atoms with Crippen LogP contribution in [0.5, 0.6) is 0 Å². The molecule has 0 bridgehead atoms. The molecule has 0 saturated heterocycles. The Balaban J connectivity index is 1.94. The summed E-state index contributed by atoms with van der Waals surface area (Å²) in [5, 5.41) is 0.501. The highest BCUT2D eigenvalue weighted by atomic mass is 32.2. The van der Waals surface area contributed by atoms with Gasteiger partial charge in [-0.05, 0) is 62.1 Å². The smallest absolute Gasteiger partial charge is 0.342 e. The molecule has 1 aromatic heterocycles. The van der Waals surface area contributed by atoms with Crippen molar-refractivity contribution in [2.24, 2.45) is 0 Å². The minimum Gasteiger partial charge on any atom is -0.460 e. The fourth-order valence-corrected chi connectivity index (χ4v) is 4.21. The summed E-state index contributed by atoms with van der Waals surface area (Å²) < 4.78 is 39.2. The van der Waals surface area contributed by atoms with Crippen molar-refractivity contribution in [3.8, 4) is 0 Å². The first-order chi connectivity index (χ1) is 13.9. The minimum atomic E-state index is -3.79. The maximum atomic E-state index is 12.8. The molecular weight excluding hydrogens is 402 g/mol. The normalized spacial score (nSPS) is 12.4. The van der Waals surface area contributed by atoms with Crippen LogP contribution in [0, 0.1) is 6.92 Å². The van der Waals surface area contributed by atoms with Crippen molar-refractivity contribution < 1.29 is 22.4 Å². The van der Waals surface area contributed by atoms with Crippen molar-refractivity contribution >= 4 is 32.6 Å². The van der Waals surface area contributed by atoms with Crippen LogP contribution in [0.2, 0.25) is 0 Å². The van der Waals surface area contributed by atoms with Crippen molar-refractivity contribution in [2.75, 3.05) is 4.72 Å². The molecule has 0 aliphatic heterocycles. The number of anilines is 1. The van der Waals surface area contributed by atoms with Crippen molar-refractivity contribution in [2.45, 2.75) is 58.0 Å². The van der Waals surface area contributed by atoms with Gasteiger partial charge in [0, 0.05) is 11.1 Å². The number of carbonyl (C=O) groups is 1. The number of nitrogens with one attached hydrogen (secondary N) is 1. The molecule has 0 atom stereocenters. The van der Waals surface area contributed by atoms with E-state index in [1.807, 2.05) is 12.1 Å². The first-order valence-corrected chi connectivity index (χ1v) is 11.2. The molecule has 3 aromatic rings. The Labute approximate surface area is 177 Å². The van der Waals surface area contributed by atoms with Gasteiger partial charge in [-0.1, -0.05) is 32.9 Å². The molecule has 0 fully saturated rings. The summed E-state index contributed by atoms with van der Waals surface area (Å²) in [7, 11) is -3.79. The summed E-state index contributed by atoms with van der Waals surface area (Å²) in [6, 6.07) is 11.6.